The first-order valence-corrected chi connectivity index (χ1v) is 4.87. The lowest BCUT2D eigenvalue weighted by atomic mass is 9.81. The number of ether oxygens (including phenoxy) is 1. The van der Waals surface area contributed by atoms with E-state index in [0.717, 1.165) is 0 Å². The van der Waals surface area contributed by atoms with Gasteiger partial charge >= 0.3 is 6.18 Å². The highest BCUT2D eigenvalue weighted by Gasteiger charge is 2.56. The van der Waals surface area contributed by atoms with Gasteiger partial charge in [0.15, 0.2) is 5.60 Å². The standard InChI is InChI=1S/C9H16F3NO/c1-2-14-8(9(10,11)12)5-3-7(13)4-6-8/h7H,2-6,13H2,1H3/t7-,8-. The first-order valence-electron chi connectivity index (χ1n) is 4.87. The quantitative estimate of drug-likeness (QED) is 0.760. The fourth-order valence-corrected chi connectivity index (χ4v) is 1.89. The van der Waals surface area contributed by atoms with Crippen molar-refractivity contribution in [2.75, 3.05) is 6.61 Å². The van der Waals surface area contributed by atoms with E-state index in [1.807, 2.05) is 0 Å². The monoisotopic (exact) mass is 211 g/mol. The molecule has 1 saturated carbocycles. The van der Waals surface area contributed by atoms with Crippen molar-refractivity contribution in [1.29, 1.82) is 0 Å². The van der Waals surface area contributed by atoms with Gasteiger partial charge in [-0.15, -0.1) is 0 Å². The van der Waals surface area contributed by atoms with Crippen LogP contribution in [0.2, 0.25) is 0 Å². The van der Waals surface area contributed by atoms with Crippen LogP contribution in [0, 0.1) is 0 Å². The van der Waals surface area contributed by atoms with Gasteiger partial charge in [0.05, 0.1) is 0 Å². The summed E-state index contributed by atoms with van der Waals surface area (Å²) in [4.78, 5) is 0. The Hall–Kier alpha value is -0.290. The van der Waals surface area contributed by atoms with Crippen molar-refractivity contribution in [3.63, 3.8) is 0 Å². The van der Waals surface area contributed by atoms with Crippen molar-refractivity contribution in [3.05, 3.63) is 0 Å². The highest BCUT2D eigenvalue weighted by molar-refractivity contribution is 4.94. The van der Waals surface area contributed by atoms with Gasteiger partial charge in [0, 0.05) is 12.6 Å². The largest absolute Gasteiger partial charge is 0.417 e. The first-order chi connectivity index (χ1) is 6.41. The number of nitrogens with two attached hydrogens (primary N) is 1. The third-order valence-electron chi connectivity index (χ3n) is 2.78. The molecular weight excluding hydrogens is 195 g/mol. The summed E-state index contributed by atoms with van der Waals surface area (Å²) in [6, 6.07) is -0.106. The molecule has 0 heterocycles. The summed E-state index contributed by atoms with van der Waals surface area (Å²) in [7, 11) is 0. The van der Waals surface area contributed by atoms with Crippen LogP contribution < -0.4 is 5.73 Å². The number of halogens is 3. The average molecular weight is 211 g/mol. The fourth-order valence-electron chi connectivity index (χ4n) is 1.89. The van der Waals surface area contributed by atoms with Crippen LogP contribution in [0.1, 0.15) is 32.6 Å². The van der Waals surface area contributed by atoms with Crippen LogP contribution in [0.5, 0.6) is 0 Å². The molecule has 0 unspecified atom stereocenters. The van der Waals surface area contributed by atoms with Gasteiger partial charge in [0.25, 0.3) is 0 Å². The summed E-state index contributed by atoms with van der Waals surface area (Å²) in [5.41, 5.74) is 3.64. The van der Waals surface area contributed by atoms with Gasteiger partial charge in [-0.3, -0.25) is 0 Å². The lowest BCUT2D eigenvalue weighted by Gasteiger charge is -2.40. The molecule has 0 amide bonds. The summed E-state index contributed by atoms with van der Waals surface area (Å²) in [6.45, 7) is 1.68. The molecule has 0 aromatic heterocycles. The Balaban J connectivity index is 2.73. The molecule has 1 rings (SSSR count). The van der Waals surface area contributed by atoms with Gasteiger partial charge in [-0.05, 0) is 32.6 Å². The second-order valence-corrected chi connectivity index (χ2v) is 3.76. The molecular formula is C9H16F3NO. The normalized spacial score (nSPS) is 34.5. The summed E-state index contributed by atoms with van der Waals surface area (Å²) in [6.07, 6.45) is -3.51. The van der Waals surface area contributed by atoms with Crippen molar-refractivity contribution in [2.45, 2.75) is 50.4 Å². The molecule has 0 aromatic rings. The molecule has 2 N–H and O–H groups in total. The van der Waals surface area contributed by atoms with E-state index in [9.17, 15) is 13.2 Å². The average Bonchev–Trinajstić information content (AvgIpc) is 2.07. The lowest BCUT2D eigenvalue weighted by molar-refractivity contribution is -0.287. The smallest absolute Gasteiger partial charge is 0.366 e. The molecule has 0 radical (unpaired) electrons. The van der Waals surface area contributed by atoms with Crippen molar-refractivity contribution in [1.82, 2.24) is 0 Å². The number of rotatable bonds is 2. The van der Waals surface area contributed by atoms with Crippen molar-refractivity contribution in [2.24, 2.45) is 5.73 Å². The van der Waals surface area contributed by atoms with Crippen LogP contribution in [-0.4, -0.2) is 24.4 Å². The predicted octanol–water partition coefficient (Wildman–Crippen LogP) is 2.23. The van der Waals surface area contributed by atoms with Crippen LogP contribution in [0.25, 0.3) is 0 Å². The molecule has 0 aliphatic heterocycles. The SMILES string of the molecule is CCO[C@]1(C(F)(F)F)CC[C@@H](N)CC1. The van der Waals surface area contributed by atoms with E-state index < -0.39 is 11.8 Å². The molecule has 0 aromatic carbocycles. The molecule has 1 fully saturated rings. The van der Waals surface area contributed by atoms with Crippen molar-refractivity contribution in [3.8, 4) is 0 Å². The molecule has 0 atom stereocenters. The van der Waals surface area contributed by atoms with Gasteiger partial charge in [-0.2, -0.15) is 13.2 Å². The second kappa shape index (κ2) is 4.06. The lowest BCUT2D eigenvalue weighted by Crippen LogP contribution is -2.51. The minimum absolute atomic E-state index is 0.00843. The maximum absolute atomic E-state index is 12.7. The predicted molar refractivity (Wildman–Crippen MR) is 46.9 cm³/mol. The third-order valence-corrected chi connectivity index (χ3v) is 2.78. The maximum atomic E-state index is 12.7. The van der Waals surface area contributed by atoms with Gasteiger partial charge < -0.3 is 10.5 Å². The van der Waals surface area contributed by atoms with E-state index in [1.54, 1.807) is 6.92 Å². The Bertz CT molecular complexity index is 185. The van der Waals surface area contributed by atoms with Gasteiger partial charge in [0.2, 0.25) is 0 Å². The highest BCUT2D eigenvalue weighted by atomic mass is 19.4. The highest BCUT2D eigenvalue weighted by Crippen LogP contribution is 2.43. The molecule has 84 valence electrons. The first kappa shape index (κ1) is 11.8. The number of hydrogen-bond acceptors (Lipinski definition) is 2. The summed E-state index contributed by atoms with van der Waals surface area (Å²) in [5, 5.41) is 0. The topological polar surface area (TPSA) is 35.2 Å². The van der Waals surface area contributed by atoms with Crippen LogP contribution in [-0.2, 0) is 4.74 Å². The maximum Gasteiger partial charge on any atom is 0.417 e. The summed E-state index contributed by atoms with van der Waals surface area (Å²) >= 11 is 0. The Labute approximate surface area is 81.6 Å². The number of alkyl halides is 3. The molecule has 0 bridgehead atoms. The van der Waals surface area contributed by atoms with E-state index in [1.165, 1.54) is 0 Å². The van der Waals surface area contributed by atoms with Crippen LogP contribution in [0.3, 0.4) is 0 Å². The summed E-state index contributed by atoms with van der Waals surface area (Å²) in [5.74, 6) is 0. The summed E-state index contributed by atoms with van der Waals surface area (Å²) < 4.78 is 43.1. The third kappa shape index (κ3) is 2.20. The van der Waals surface area contributed by atoms with E-state index >= 15 is 0 Å². The molecule has 2 nitrogen and oxygen atoms in total. The molecule has 1 aliphatic carbocycles. The van der Waals surface area contributed by atoms with Crippen LogP contribution >= 0.6 is 0 Å². The second-order valence-electron chi connectivity index (χ2n) is 3.76. The Morgan fingerprint density at radius 3 is 2.21 bits per heavy atom. The Morgan fingerprint density at radius 1 is 1.36 bits per heavy atom. The van der Waals surface area contributed by atoms with Gasteiger partial charge in [-0.25, -0.2) is 0 Å². The Kier molecular flexibility index (Phi) is 3.42. The minimum Gasteiger partial charge on any atom is -0.366 e. The van der Waals surface area contributed by atoms with Gasteiger partial charge in [-0.1, -0.05) is 0 Å². The molecule has 0 saturated heterocycles. The van der Waals surface area contributed by atoms with E-state index in [0.29, 0.717) is 12.8 Å². The minimum atomic E-state index is -4.27. The molecule has 0 spiro atoms. The van der Waals surface area contributed by atoms with Crippen LogP contribution in [0.4, 0.5) is 13.2 Å². The van der Waals surface area contributed by atoms with Gasteiger partial charge in [0.1, 0.15) is 0 Å². The van der Waals surface area contributed by atoms with E-state index in [4.69, 9.17) is 10.5 Å². The fraction of sp³-hybridized carbons (Fsp3) is 1.00. The van der Waals surface area contributed by atoms with Crippen LogP contribution in [0.15, 0.2) is 0 Å². The molecule has 14 heavy (non-hydrogen) atoms. The zero-order chi connectivity index (χ0) is 10.8. The van der Waals surface area contributed by atoms with E-state index in [2.05, 4.69) is 0 Å². The zero-order valence-corrected chi connectivity index (χ0v) is 8.23. The van der Waals surface area contributed by atoms with Crippen molar-refractivity contribution < 1.29 is 17.9 Å². The number of hydrogen-bond donors (Lipinski definition) is 1. The molecule has 1 aliphatic rings. The Morgan fingerprint density at radius 2 is 1.86 bits per heavy atom. The molecule has 5 heteroatoms. The van der Waals surface area contributed by atoms with E-state index in [-0.39, 0.29) is 25.5 Å². The van der Waals surface area contributed by atoms with Crippen molar-refractivity contribution >= 4 is 0 Å². The zero-order valence-electron chi connectivity index (χ0n) is 8.23.